The third-order valence-corrected chi connectivity index (χ3v) is 6.04. The van der Waals surface area contributed by atoms with Gasteiger partial charge in [0.25, 0.3) is 0 Å². The van der Waals surface area contributed by atoms with Gasteiger partial charge in [-0.15, -0.1) is 6.58 Å². The molecule has 1 aromatic heterocycles. The number of rotatable bonds is 6. The highest BCUT2D eigenvalue weighted by Crippen LogP contribution is 2.25. The number of allylic oxidation sites excluding steroid dienone is 1. The molecule has 0 radical (unpaired) electrons. The van der Waals surface area contributed by atoms with E-state index in [1.54, 1.807) is 31.3 Å². The van der Waals surface area contributed by atoms with Crippen molar-refractivity contribution in [3.63, 3.8) is 0 Å². The smallest absolute Gasteiger partial charge is 0.244 e. The molecule has 0 saturated heterocycles. The second-order valence-electron chi connectivity index (χ2n) is 5.31. The van der Waals surface area contributed by atoms with Gasteiger partial charge in [0.2, 0.25) is 10.0 Å². The van der Waals surface area contributed by atoms with Crippen LogP contribution in [0.15, 0.2) is 41.8 Å². The Morgan fingerprint density at radius 2 is 2.00 bits per heavy atom. The summed E-state index contributed by atoms with van der Waals surface area (Å²) in [5.74, 6) is 0. The molecule has 0 atom stereocenters. The Hall–Kier alpha value is -1.63. The van der Waals surface area contributed by atoms with Gasteiger partial charge >= 0.3 is 0 Å². The minimum atomic E-state index is -3.66. The van der Waals surface area contributed by atoms with Crippen LogP contribution in [0.2, 0.25) is 5.02 Å². The molecule has 23 heavy (non-hydrogen) atoms. The first-order valence-electron chi connectivity index (χ1n) is 7.13. The lowest BCUT2D eigenvalue weighted by molar-refractivity contribution is 0.465. The molecule has 0 aliphatic heterocycles. The summed E-state index contributed by atoms with van der Waals surface area (Å²) in [6.45, 7) is 8.33. The first-order valence-corrected chi connectivity index (χ1v) is 8.95. The average molecular weight is 354 g/mol. The summed E-state index contributed by atoms with van der Waals surface area (Å²) in [6.07, 6.45) is 1.76. The van der Waals surface area contributed by atoms with Crippen molar-refractivity contribution in [1.82, 2.24) is 14.1 Å². The van der Waals surface area contributed by atoms with Crippen molar-refractivity contribution in [2.75, 3.05) is 7.05 Å². The zero-order valence-corrected chi connectivity index (χ0v) is 15.0. The number of hydrogen-bond acceptors (Lipinski definition) is 3. The number of aryl methyl sites for hydroxylation is 1. The molecule has 5 nitrogen and oxygen atoms in total. The molecule has 7 heteroatoms. The summed E-state index contributed by atoms with van der Waals surface area (Å²) in [5.41, 5.74) is 2.64. The Balaban J connectivity index is 2.34. The van der Waals surface area contributed by atoms with E-state index in [9.17, 15) is 8.42 Å². The van der Waals surface area contributed by atoms with Crippen molar-refractivity contribution < 1.29 is 8.42 Å². The molecule has 0 saturated carbocycles. The summed E-state index contributed by atoms with van der Waals surface area (Å²) in [5, 5.41) is 4.64. The van der Waals surface area contributed by atoms with Crippen LogP contribution in [0.25, 0.3) is 0 Å². The molecule has 0 amide bonds. The van der Waals surface area contributed by atoms with Gasteiger partial charge in [-0.3, -0.25) is 4.68 Å². The number of sulfonamides is 1. The average Bonchev–Trinajstić information content (AvgIpc) is 2.75. The van der Waals surface area contributed by atoms with Gasteiger partial charge in [0.05, 0.1) is 17.3 Å². The van der Waals surface area contributed by atoms with Crippen LogP contribution in [0.1, 0.15) is 17.0 Å². The highest BCUT2D eigenvalue weighted by molar-refractivity contribution is 7.89. The standard InChI is InChI=1S/C16H20ClN3O2S/c1-5-10-20-13(3)14(12(2)18-20)11-19(4)23(21,22)16-9-7-6-8-15(16)17/h5-9H,1,10-11H2,2-4H3. The van der Waals surface area contributed by atoms with Crippen molar-refractivity contribution in [2.45, 2.75) is 31.8 Å². The Labute approximate surface area is 142 Å². The summed E-state index contributed by atoms with van der Waals surface area (Å²) < 4.78 is 28.5. The lowest BCUT2D eigenvalue weighted by Gasteiger charge is -2.18. The Morgan fingerprint density at radius 3 is 2.61 bits per heavy atom. The fourth-order valence-electron chi connectivity index (χ4n) is 2.39. The first-order chi connectivity index (χ1) is 10.8. The van der Waals surface area contributed by atoms with Gasteiger partial charge in [-0.05, 0) is 26.0 Å². The van der Waals surface area contributed by atoms with E-state index in [2.05, 4.69) is 11.7 Å². The molecule has 0 bridgehead atoms. The van der Waals surface area contributed by atoms with E-state index in [1.807, 2.05) is 18.5 Å². The van der Waals surface area contributed by atoms with Crippen LogP contribution in [-0.4, -0.2) is 29.6 Å². The van der Waals surface area contributed by atoms with Crippen molar-refractivity contribution in [2.24, 2.45) is 0 Å². The van der Waals surface area contributed by atoms with Crippen molar-refractivity contribution in [1.29, 1.82) is 0 Å². The van der Waals surface area contributed by atoms with Crippen LogP contribution >= 0.6 is 11.6 Å². The molecule has 0 fully saturated rings. The van der Waals surface area contributed by atoms with Crippen LogP contribution in [-0.2, 0) is 23.1 Å². The quantitative estimate of drug-likeness (QED) is 0.749. The Morgan fingerprint density at radius 1 is 1.35 bits per heavy atom. The zero-order valence-electron chi connectivity index (χ0n) is 13.5. The maximum atomic E-state index is 12.7. The summed E-state index contributed by atoms with van der Waals surface area (Å²) in [7, 11) is -2.12. The van der Waals surface area contributed by atoms with Gasteiger partial charge in [-0.1, -0.05) is 29.8 Å². The fraction of sp³-hybridized carbons (Fsp3) is 0.312. The molecule has 2 aromatic rings. The van der Waals surface area contributed by atoms with Gasteiger partial charge in [-0.25, -0.2) is 8.42 Å². The van der Waals surface area contributed by atoms with Crippen LogP contribution in [0.5, 0.6) is 0 Å². The van der Waals surface area contributed by atoms with Crippen LogP contribution in [0.4, 0.5) is 0 Å². The molecule has 0 unspecified atom stereocenters. The first kappa shape index (κ1) is 17.7. The van der Waals surface area contributed by atoms with E-state index in [0.29, 0.717) is 6.54 Å². The summed E-state index contributed by atoms with van der Waals surface area (Å²) >= 11 is 6.03. The highest BCUT2D eigenvalue weighted by Gasteiger charge is 2.25. The Kier molecular flexibility index (Phi) is 5.29. The van der Waals surface area contributed by atoms with Gasteiger partial charge < -0.3 is 0 Å². The molecule has 0 aliphatic rings. The van der Waals surface area contributed by atoms with E-state index >= 15 is 0 Å². The lowest BCUT2D eigenvalue weighted by Crippen LogP contribution is -2.27. The van der Waals surface area contributed by atoms with Crippen LogP contribution in [0.3, 0.4) is 0 Å². The minimum absolute atomic E-state index is 0.109. The zero-order chi connectivity index (χ0) is 17.2. The highest BCUT2D eigenvalue weighted by atomic mass is 35.5. The van der Waals surface area contributed by atoms with E-state index in [-0.39, 0.29) is 16.5 Å². The van der Waals surface area contributed by atoms with Crippen LogP contribution in [0, 0.1) is 13.8 Å². The van der Waals surface area contributed by atoms with Crippen LogP contribution < -0.4 is 0 Å². The largest absolute Gasteiger partial charge is 0.265 e. The molecule has 1 aromatic carbocycles. The Bertz CT molecular complexity index is 828. The van der Waals surface area contributed by atoms with E-state index in [4.69, 9.17) is 11.6 Å². The summed E-state index contributed by atoms with van der Waals surface area (Å²) in [6, 6.07) is 6.44. The molecule has 2 rings (SSSR count). The molecule has 1 heterocycles. The maximum Gasteiger partial charge on any atom is 0.244 e. The normalized spacial score (nSPS) is 11.9. The molecule has 0 aliphatic carbocycles. The van der Waals surface area contributed by atoms with Crippen molar-refractivity contribution >= 4 is 21.6 Å². The number of aromatic nitrogens is 2. The van der Waals surface area contributed by atoms with Gasteiger partial charge in [0, 0.05) is 24.8 Å². The lowest BCUT2D eigenvalue weighted by atomic mass is 10.2. The minimum Gasteiger partial charge on any atom is -0.265 e. The fourth-order valence-corrected chi connectivity index (χ4v) is 4.02. The number of hydrogen-bond donors (Lipinski definition) is 0. The second kappa shape index (κ2) is 6.86. The van der Waals surface area contributed by atoms with E-state index in [1.165, 1.54) is 10.4 Å². The van der Waals surface area contributed by atoms with Crippen molar-refractivity contribution in [3.05, 3.63) is 58.9 Å². The molecule has 124 valence electrons. The summed E-state index contributed by atoms with van der Waals surface area (Å²) in [4.78, 5) is 0.109. The predicted molar refractivity (Wildman–Crippen MR) is 92.0 cm³/mol. The topological polar surface area (TPSA) is 55.2 Å². The molecular weight excluding hydrogens is 334 g/mol. The van der Waals surface area contributed by atoms with Gasteiger partial charge in [0.15, 0.2) is 0 Å². The number of halogens is 1. The van der Waals surface area contributed by atoms with Gasteiger partial charge in [-0.2, -0.15) is 9.40 Å². The SMILES string of the molecule is C=CCn1nc(C)c(CN(C)S(=O)(=O)c2ccccc2Cl)c1C. The monoisotopic (exact) mass is 353 g/mol. The molecule has 0 N–H and O–H groups in total. The third kappa shape index (κ3) is 3.49. The van der Waals surface area contributed by atoms with Crippen molar-refractivity contribution in [3.8, 4) is 0 Å². The number of benzene rings is 1. The van der Waals surface area contributed by atoms with Gasteiger partial charge in [0.1, 0.15) is 4.90 Å². The second-order valence-corrected chi connectivity index (χ2v) is 7.73. The number of nitrogens with zero attached hydrogens (tertiary/aromatic N) is 3. The maximum absolute atomic E-state index is 12.7. The van der Waals surface area contributed by atoms with E-state index in [0.717, 1.165) is 17.0 Å². The van der Waals surface area contributed by atoms with E-state index < -0.39 is 10.0 Å². The molecule has 0 spiro atoms. The molecular formula is C16H20ClN3O2S. The predicted octanol–water partition coefficient (Wildman–Crippen LogP) is 3.16. The third-order valence-electron chi connectivity index (χ3n) is 3.74.